The van der Waals surface area contributed by atoms with Gasteiger partial charge in [0.1, 0.15) is 6.54 Å². The SMILES string of the molecule is CN(CC(=O)O)C(=O)NC1CCCC1(C)C. The van der Waals surface area contributed by atoms with Gasteiger partial charge in [-0.25, -0.2) is 4.79 Å². The summed E-state index contributed by atoms with van der Waals surface area (Å²) in [4.78, 5) is 23.3. The van der Waals surface area contributed by atoms with Gasteiger partial charge in [0.15, 0.2) is 0 Å². The van der Waals surface area contributed by atoms with Crippen LogP contribution in [-0.2, 0) is 4.79 Å². The number of rotatable bonds is 3. The molecule has 0 aromatic heterocycles. The zero-order valence-electron chi connectivity index (χ0n) is 10.1. The first-order valence-corrected chi connectivity index (χ1v) is 5.56. The molecule has 5 nitrogen and oxygen atoms in total. The molecule has 1 unspecified atom stereocenters. The first-order valence-electron chi connectivity index (χ1n) is 5.56. The second-order valence-electron chi connectivity index (χ2n) is 5.13. The zero-order valence-corrected chi connectivity index (χ0v) is 10.1. The van der Waals surface area contributed by atoms with Crippen molar-refractivity contribution in [1.82, 2.24) is 10.2 Å². The van der Waals surface area contributed by atoms with E-state index in [9.17, 15) is 9.59 Å². The summed E-state index contributed by atoms with van der Waals surface area (Å²) in [5.74, 6) is -0.997. The van der Waals surface area contributed by atoms with Crippen LogP contribution in [0.4, 0.5) is 4.79 Å². The van der Waals surface area contributed by atoms with Gasteiger partial charge >= 0.3 is 12.0 Å². The topological polar surface area (TPSA) is 69.6 Å². The van der Waals surface area contributed by atoms with Gasteiger partial charge in [0.25, 0.3) is 0 Å². The fourth-order valence-corrected chi connectivity index (χ4v) is 2.13. The Balaban J connectivity index is 2.48. The molecule has 1 fully saturated rings. The molecule has 0 heterocycles. The number of nitrogens with zero attached hydrogens (tertiary/aromatic N) is 1. The van der Waals surface area contributed by atoms with Gasteiger partial charge in [-0.3, -0.25) is 4.79 Å². The average Bonchev–Trinajstić information content (AvgIpc) is 2.44. The van der Waals surface area contributed by atoms with Crippen LogP contribution >= 0.6 is 0 Å². The van der Waals surface area contributed by atoms with Crippen LogP contribution < -0.4 is 5.32 Å². The van der Waals surface area contributed by atoms with Crippen LogP contribution in [0.15, 0.2) is 0 Å². The highest BCUT2D eigenvalue weighted by molar-refractivity contribution is 5.80. The molecule has 0 aromatic rings. The van der Waals surface area contributed by atoms with Crippen LogP contribution in [0, 0.1) is 5.41 Å². The Morgan fingerprint density at radius 2 is 2.12 bits per heavy atom. The van der Waals surface area contributed by atoms with E-state index in [2.05, 4.69) is 19.2 Å². The monoisotopic (exact) mass is 228 g/mol. The molecular formula is C11H20N2O3. The molecule has 2 N–H and O–H groups in total. The second-order valence-corrected chi connectivity index (χ2v) is 5.13. The number of amides is 2. The number of hydrogen-bond acceptors (Lipinski definition) is 2. The van der Waals surface area contributed by atoms with E-state index in [4.69, 9.17) is 5.11 Å². The molecule has 1 saturated carbocycles. The standard InChI is InChI=1S/C11H20N2O3/c1-11(2)6-4-5-8(11)12-10(16)13(3)7-9(14)15/h8H,4-7H2,1-3H3,(H,12,16)(H,14,15). The highest BCUT2D eigenvalue weighted by Crippen LogP contribution is 2.37. The Bertz CT molecular complexity index is 289. The third-order valence-electron chi connectivity index (χ3n) is 3.27. The molecule has 0 aliphatic heterocycles. The maximum absolute atomic E-state index is 11.7. The van der Waals surface area contributed by atoms with Gasteiger partial charge in [0, 0.05) is 13.1 Å². The normalized spacial score (nSPS) is 22.8. The van der Waals surface area contributed by atoms with Crippen LogP contribution in [0.5, 0.6) is 0 Å². The summed E-state index contributed by atoms with van der Waals surface area (Å²) in [6.45, 7) is 3.99. The quantitative estimate of drug-likeness (QED) is 0.764. The molecule has 1 rings (SSSR count). The zero-order chi connectivity index (χ0) is 12.3. The molecule has 1 aliphatic carbocycles. The molecule has 1 aliphatic rings. The first kappa shape index (κ1) is 12.8. The molecule has 92 valence electrons. The summed E-state index contributed by atoms with van der Waals surface area (Å²) in [5, 5.41) is 11.5. The average molecular weight is 228 g/mol. The molecule has 2 amide bonds. The van der Waals surface area contributed by atoms with Gasteiger partial charge in [0.05, 0.1) is 0 Å². The molecule has 0 spiro atoms. The number of hydrogen-bond donors (Lipinski definition) is 2. The minimum absolute atomic E-state index is 0.111. The summed E-state index contributed by atoms with van der Waals surface area (Å²) in [5.41, 5.74) is 0.111. The van der Waals surface area contributed by atoms with Crippen molar-refractivity contribution in [3.05, 3.63) is 0 Å². The van der Waals surface area contributed by atoms with Crippen LogP contribution in [0.25, 0.3) is 0 Å². The largest absolute Gasteiger partial charge is 0.480 e. The van der Waals surface area contributed by atoms with Crippen molar-refractivity contribution in [3.8, 4) is 0 Å². The Morgan fingerprint density at radius 1 is 1.50 bits per heavy atom. The summed E-state index contributed by atoms with van der Waals surface area (Å²) in [7, 11) is 1.49. The number of carboxylic acid groups (broad SMARTS) is 1. The maximum atomic E-state index is 11.7. The summed E-state index contributed by atoms with van der Waals surface area (Å²) < 4.78 is 0. The Kier molecular flexibility index (Phi) is 3.78. The third kappa shape index (κ3) is 3.12. The summed E-state index contributed by atoms with van der Waals surface area (Å²) in [6.07, 6.45) is 3.18. The minimum atomic E-state index is -0.997. The predicted octanol–water partition coefficient (Wildman–Crippen LogP) is 1.29. The molecule has 16 heavy (non-hydrogen) atoms. The van der Waals surface area contributed by atoms with Gasteiger partial charge in [-0.1, -0.05) is 20.3 Å². The number of carboxylic acids is 1. The van der Waals surface area contributed by atoms with Crippen molar-refractivity contribution < 1.29 is 14.7 Å². The maximum Gasteiger partial charge on any atom is 0.323 e. The van der Waals surface area contributed by atoms with Gasteiger partial charge < -0.3 is 15.3 Å². The van der Waals surface area contributed by atoms with Crippen LogP contribution in [0.3, 0.4) is 0 Å². The predicted molar refractivity (Wildman–Crippen MR) is 60.2 cm³/mol. The number of urea groups is 1. The van der Waals surface area contributed by atoms with E-state index in [0.717, 1.165) is 19.3 Å². The Hall–Kier alpha value is -1.26. The fourth-order valence-electron chi connectivity index (χ4n) is 2.13. The lowest BCUT2D eigenvalue weighted by Gasteiger charge is -2.29. The van der Waals surface area contributed by atoms with E-state index >= 15 is 0 Å². The number of carbonyl (C=O) groups is 2. The lowest BCUT2D eigenvalue weighted by atomic mass is 9.87. The molecular weight excluding hydrogens is 208 g/mol. The number of aliphatic carboxylic acids is 1. The van der Waals surface area contributed by atoms with Crippen molar-refractivity contribution >= 4 is 12.0 Å². The minimum Gasteiger partial charge on any atom is -0.480 e. The summed E-state index contributed by atoms with van der Waals surface area (Å²) in [6, 6.07) is -0.154. The fraction of sp³-hybridized carbons (Fsp3) is 0.818. The van der Waals surface area contributed by atoms with E-state index in [1.807, 2.05) is 0 Å². The van der Waals surface area contributed by atoms with Gasteiger partial charge in [-0.15, -0.1) is 0 Å². The molecule has 0 aromatic carbocycles. The van der Waals surface area contributed by atoms with Crippen molar-refractivity contribution in [1.29, 1.82) is 0 Å². The highest BCUT2D eigenvalue weighted by Gasteiger charge is 2.35. The van der Waals surface area contributed by atoms with Crippen molar-refractivity contribution in [3.63, 3.8) is 0 Å². The van der Waals surface area contributed by atoms with Gasteiger partial charge in [-0.05, 0) is 18.3 Å². The van der Waals surface area contributed by atoms with Crippen LogP contribution in [0.1, 0.15) is 33.1 Å². The van der Waals surface area contributed by atoms with Crippen molar-refractivity contribution in [2.24, 2.45) is 5.41 Å². The smallest absolute Gasteiger partial charge is 0.323 e. The third-order valence-corrected chi connectivity index (χ3v) is 3.27. The second kappa shape index (κ2) is 4.72. The van der Waals surface area contributed by atoms with Crippen molar-refractivity contribution in [2.45, 2.75) is 39.2 Å². The number of carbonyl (C=O) groups excluding carboxylic acids is 1. The Labute approximate surface area is 95.8 Å². The van der Waals surface area contributed by atoms with E-state index in [0.29, 0.717) is 0 Å². The van der Waals surface area contributed by atoms with Crippen molar-refractivity contribution in [2.75, 3.05) is 13.6 Å². The highest BCUT2D eigenvalue weighted by atomic mass is 16.4. The van der Waals surface area contributed by atoms with Crippen LogP contribution in [0.2, 0.25) is 0 Å². The number of nitrogens with one attached hydrogen (secondary N) is 1. The molecule has 0 bridgehead atoms. The van der Waals surface area contributed by atoms with Gasteiger partial charge in [0.2, 0.25) is 0 Å². The van der Waals surface area contributed by atoms with E-state index < -0.39 is 5.97 Å². The van der Waals surface area contributed by atoms with E-state index in [-0.39, 0.29) is 24.0 Å². The molecule has 1 atom stereocenters. The number of likely N-dealkylation sites (N-methyl/N-ethyl adjacent to an activating group) is 1. The lowest BCUT2D eigenvalue weighted by Crippen LogP contribution is -2.48. The molecule has 5 heteroatoms. The lowest BCUT2D eigenvalue weighted by molar-refractivity contribution is -0.137. The Morgan fingerprint density at radius 3 is 2.56 bits per heavy atom. The first-order chi connectivity index (χ1) is 7.33. The molecule has 0 radical (unpaired) electrons. The van der Waals surface area contributed by atoms with E-state index in [1.165, 1.54) is 11.9 Å². The molecule has 0 saturated heterocycles. The van der Waals surface area contributed by atoms with E-state index in [1.54, 1.807) is 0 Å². The van der Waals surface area contributed by atoms with Crippen LogP contribution in [-0.4, -0.2) is 41.6 Å². The van der Waals surface area contributed by atoms with Gasteiger partial charge in [-0.2, -0.15) is 0 Å². The summed E-state index contributed by atoms with van der Waals surface area (Å²) >= 11 is 0.